The Hall–Kier alpha value is -1.94. The first-order valence-electron chi connectivity index (χ1n) is 39.2. The topological polar surface area (TPSA) is 237 Å². The van der Waals surface area contributed by atoms with Crippen LogP contribution in [0.15, 0.2) is 0 Å². The van der Waals surface area contributed by atoms with E-state index in [-0.39, 0.29) is 25.7 Å². The molecule has 0 radical (unpaired) electrons. The molecular weight excluding hydrogens is 1250 g/mol. The molecule has 0 saturated carbocycles. The molecule has 0 fully saturated rings. The lowest BCUT2D eigenvalue weighted by atomic mass is 10.0. The summed E-state index contributed by atoms with van der Waals surface area (Å²) in [6.45, 7) is 14.1. The van der Waals surface area contributed by atoms with Crippen LogP contribution in [0.25, 0.3) is 0 Å². The van der Waals surface area contributed by atoms with Crippen molar-refractivity contribution < 1.29 is 80.2 Å². The van der Waals surface area contributed by atoms with Gasteiger partial charge in [-0.15, -0.1) is 0 Å². The van der Waals surface area contributed by atoms with Crippen LogP contribution < -0.4 is 0 Å². The normalized spacial score (nSPS) is 14.1. The van der Waals surface area contributed by atoms with Crippen molar-refractivity contribution >= 4 is 39.5 Å². The molecule has 564 valence electrons. The fourth-order valence-electron chi connectivity index (χ4n) is 11.6. The van der Waals surface area contributed by atoms with E-state index in [0.717, 1.165) is 115 Å². The van der Waals surface area contributed by atoms with Crippen LogP contribution >= 0.6 is 15.6 Å². The van der Waals surface area contributed by atoms with Crippen LogP contribution in [-0.4, -0.2) is 96.7 Å². The lowest BCUT2D eigenvalue weighted by molar-refractivity contribution is -0.161. The molecule has 95 heavy (non-hydrogen) atoms. The SMILES string of the molecule is CC(C)CCCCCCCCCCCCCCCCCCC(=O)O[C@H](COC(=O)CCCCCCCCCC(C)C)COP(=O)(O)OCC(O)COP(=O)(O)OC[C@@H](COC(=O)CCCCCCCCCC(C)C)OC(=O)CCCCCCCCCCCCCCCC(C)C. The molecule has 0 aromatic heterocycles. The fraction of sp³-hybridized carbons (Fsp3) is 0.947. The molecule has 0 spiro atoms. The second kappa shape index (κ2) is 65.4. The molecule has 0 amide bonds. The molecule has 0 rings (SSSR count). The summed E-state index contributed by atoms with van der Waals surface area (Å²) in [5, 5.41) is 10.6. The molecule has 0 aromatic carbocycles. The quantitative estimate of drug-likeness (QED) is 0.0222. The highest BCUT2D eigenvalue weighted by atomic mass is 31.2. The Morgan fingerprint density at radius 3 is 0.653 bits per heavy atom. The number of esters is 4. The summed E-state index contributed by atoms with van der Waals surface area (Å²) in [5.74, 6) is 0.883. The van der Waals surface area contributed by atoms with Crippen molar-refractivity contribution in [2.75, 3.05) is 39.6 Å². The average molecular weight is 1400 g/mol. The van der Waals surface area contributed by atoms with E-state index in [1.54, 1.807) is 0 Å². The van der Waals surface area contributed by atoms with Gasteiger partial charge in [0.05, 0.1) is 26.4 Å². The summed E-state index contributed by atoms with van der Waals surface area (Å²) in [6.07, 6.45) is 50.2. The zero-order valence-electron chi connectivity index (χ0n) is 62.3. The first kappa shape index (κ1) is 93.1. The van der Waals surface area contributed by atoms with Crippen molar-refractivity contribution in [1.82, 2.24) is 0 Å². The molecule has 0 aliphatic carbocycles. The third-order valence-electron chi connectivity index (χ3n) is 17.6. The molecule has 0 bridgehead atoms. The largest absolute Gasteiger partial charge is 0.472 e. The standard InChI is InChI=1S/C76H148O17P2/c1-66(2)52-44-36-28-22-18-14-11-9-10-12-16-20-24-32-42-50-58-75(80)92-71(62-86-73(78)56-48-40-34-26-30-38-46-54-68(5)6)64-90-94(82,83)88-60-70(77)61-89-95(84,85)91-65-72(63-87-74(79)57-49-41-35-27-31-39-47-55-69(7)8)93-76(81)59-51-43-33-25-21-17-13-15-19-23-29-37-45-53-67(3)4/h66-72,77H,9-65H2,1-8H3,(H,82,83)(H,84,85)/t70?,71-,72-/m1/s1. The van der Waals surface area contributed by atoms with Gasteiger partial charge >= 0.3 is 39.5 Å². The molecule has 0 heterocycles. The van der Waals surface area contributed by atoms with Gasteiger partial charge in [-0.1, -0.05) is 331 Å². The molecular formula is C76H148O17P2. The van der Waals surface area contributed by atoms with Crippen molar-refractivity contribution in [1.29, 1.82) is 0 Å². The highest BCUT2D eigenvalue weighted by Gasteiger charge is 2.30. The summed E-state index contributed by atoms with van der Waals surface area (Å²) < 4.78 is 68.5. The highest BCUT2D eigenvalue weighted by Crippen LogP contribution is 2.45. The van der Waals surface area contributed by atoms with Crippen molar-refractivity contribution in [3.63, 3.8) is 0 Å². The van der Waals surface area contributed by atoms with Gasteiger partial charge in [0.2, 0.25) is 0 Å². The molecule has 0 aliphatic heterocycles. The maximum atomic E-state index is 13.1. The fourth-order valence-corrected chi connectivity index (χ4v) is 13.1. The van der Waals surface area contributed by atoms with Gasteiger partial charge in [-0.25, -0.2) is 9.13 Å². The molecule has 3 unspecified atom stereocenters. The van der Waals surface area contributed by atoms with Gasteiger partial charge in [-0.05, 0) is 49.4 Å². The monoisotopic (exact) mass is 1400 g/mol. The molecule has 17 nitrogen and oxygen atoms in total. The van der Waals surface area contributed by atoms with Crippen LogP contribution in [0.3, 0.4) is 0 Å². The molecule has 19 heteroatoms. The first-order chi connectivity index (χ1) is 45.6. The zero-order valence-corrected chi connectivity index (χ0v) is 64.1. The summed E-state index contributed by atoms with van der Waals surface area (Å²) in [6, 6.07) is 0. The molecule has 0 aromatic rings. The van der Waals surface area contributed by atoms with Gasteiger partial charge in [-0.2, -0.15) is 0 Å². The van der Waals surface area contributed by atoms with Gasteiger partial charge in [-0.3, -0.25) is 37.3 Å². The Morgan fingerprint density at radius 1 is 0.263 bits per heavy atom. The van der Waals surface area contributed by atoms with E-state index in [1.165, 1.54) is 173 Å². The van der Waals surface area contributed by atoms with Gasteiger partial charge in [0.1, 0.15) is 19.3 Å². The summed E-state index contributed by atoms with van der Waals surface area (Å²) in [4.78, 5) is 72.8. The van der Waals surface area contributed by atoms with Crippen molar-refractivity contribution in [2.24, 2.45) is 23.7 Å². The van der Waals surface area contributed by atoms with Crippen molar-refractivity contribution in [3.8, 4) is 0 Å². The van der Waals surface area contributed by atoms with E-state index in [2.05, 4.69) is 55.4 Å². The smallest absolute Gasteiger partial charge is 0.462 e. The Morgan fingerprint density at radius 2 is 0.442 bits per heavy atom. The van der Waals surface area contributed by atoms with E-state index in [4.69, 9.17) is 37.0 Å². The van der Waals surface area contributed by atoms with E-state index in [9.17, 15) is 43.2 Å². The number of hydrogen-bond acceptors (Lipinski definition) is 15. The third-order valence-corrected chi connectivity index (χ3v) is 19.5. The van der Waals surface area contributed by atoms with Crippen LogP contribution in [0.1, 0.15) is 383 Å². The predicted octanol–water partition coefficient (Wildman–Crippen LogP) is 22.0. The number of unbranched alkanes of at least 4 members (excludes halogenated alkanes) is 39. The second-order valence-corrected chi connectivity index (χ2v) is 32.2. The second-order valence-electron chi connectivity index (χ2n) is 29.3. The minimum absolute atomic E-state index is 0.106. The van der Waals surface area contributed by atoms with Gasteiger partial charge in [0, 0.05) is 25.7 Å². The van der Waals surface area contributed by atoms with Gasteiger partial charge in [0.25, 0.3) is 0 Å². The van der Waals surface area contributed by atoms with E-state index < -0.39 is 97.5 Å². The number of rotatable bonds is 73. The Kier molecular flexibility index (Phi) is 64.0. The van der Waals surface area contributed by atoms with Crippen LogP contribution in [-0.2, 0) is 65.4 Å². The van der Waals surface area contributed by atoms with E-state index in [1.807, 2.05) is 0 Å². The van der Waals surface area contributed by atoms with Crippen LogP contribution in [0, 0.1) is 23.7 Å². The van der Waals surface area contributed by atoms with Crippen LogP contribution in [0.4, 0.5) is 0 Å². The maximum absolute atomic E-state index is 13.1. The minimum Gasteiger partial charge on any atom is -0.462 e. The van der Waals surface area contributed by atoms with E-state index >= 15 is 0 Å². The van der Waals surface area contributed by atoms with Gasteiger partial charge in [0.15, 0.2) is 12.2 Å². The Labute approximate surface area is 581 Å². The molecule has 0 saturated heterocycles. The van der Waals surface area contributed by atoms with Crippen LogP contribution in [0.2, 0.25) is 0 Å². The third kappa shape index (κ3) is 70.3. The number of phosphoric acid groups is 2. The lowest BCUT2D eigenvalue weighted by Gasteiger charge is -2.21. The number of hydrogen-bond donors (Lipinski definition) is 3. The number of phosphoric ester groups is 2. The summed E-state index contributed by atoms with van der Waals surface area (Å²) >= 11 is 0. The number of aliphatic hydroxyl groups excluding tert-OH is 1. The number of aliphatic hydroxyl groups is 1. The maximum Gasteiger partial charge on any atom is 0.472 e. The number of ether oxygens (including phenoxy) is 4. The summed E-state index contributed by atoms with van der Waals surface area (Å²) in [5.41, 5.74) is 0. The minimum atomic E-state index is -4.96. The Balaban J connectivity index is 5.20. The number of carbonyl (C=O) groups is 4. The van der Waals surface area contributed by atoms with E-state index in [0.29, 0.717) is 37.5 Å². The van der Waals surface area contributed by atoms with Crippen LogP contribution in [0.5, 0.6) is 0 Å². The average Bonchev–Trinajstić information content (AvgIpc) is 2.19. The lowest BCUT2D eigenvalue weighted by Crippen LogP contribution is -2.30. The summed E-state index contributed by atoms with van der Waals surface area (Å²) in [7, 11) is -9.91. The highest BCUT2D eigenvalue weighted by molar-refractivity contribution is 7.47. The van der Waals surface area contributed by atoms with Crippen molar-refractivity contribution in [3.05, 3.63) is 0 Å². The predicted molar refractivity (Wildman–Crippen MR) is 386 cm³/mol. The first-order valence-corrected chi connectivity index (χ1v) is 42.2. The molecule has 5 atom stereocenters. The van der Waals surface area contributed by atoms with Crippen molar-refractivity contribution in [2.45, 2.75) is 401 Å². The molecule has 0 aliphatic rings. The number of carbonyl (C=O) groups excluding carboxylic acids is 4. The molecule has 3 N–H and O–H groups in total. The zero-order chi connectivity index (χ0) is 70.3. The Bertz CT molecular complexity index is 1870. The van der Waals surface area contributed by atoms with Gasteiger partial charge < -0.3 is 33.8 Å².